The van der Waals surface area contributed by atoms with E-state index < -0.39 is 0 Å². The number of aromatic amines is 1. The molecule has 0 spiro atoms. The Labute approximate surface area is 125 Å². The van der Waals surface area contributed by atoms with E-state index in [9.17, 15) is 4.79 Å². The van der Waals surface area contributed by atoms with Crippen LogP contribution in [0.15, 0.2) is 24.4 Å². The van der Waals surface area contributed by atoms with Gasteiger partial charge in [-0.1, -0.05) is 13.8 Å². The van der Waals surface area contributed by atoms with Crippen LogP contribution >= 0.6 is 0 Å². The van der Waals surface area contributed by atoms with E-state index in [0.717, 1.165) is 10.9 Å². The molecule has 0 atom stereocenters. The molecule has 0 radical (unpaired) electrons. The van der Waals surface area contributed by atoms with Gasteiger partial charge < -0.3 is 20.4 Å². The Bertz CT molecular complexity index is 619. The number of nitrogen functional groups attached to an aromatic ring is 1. The van der Waals surface area contributed by atoms with Gasteiger partial charge in [-0.2, -0.15) is 0 Å². The van der Waals surface area contributed by atoms with Gasteiger partial charge in [0, 0.05) is 43.0 Å². The molecule has 114 valence electrons. The van der Waals surface area contributed by atoms with E-state index in [4.69, 9.17) is 10.5 Å². The quantitative estimate of drug-likeness (QED) is 0.803. The lowest BCUT2D eigenvalue weighted by molar-refractivity contribution is 0.0674. The van der Waals surface area contributed by atoms with Crippen LogP contribution in [0.3, 0.4) is 0 Å². The molecular weight excluding hydrogens is 266 g/mol. The van der Waals surface area contributed by atoms with Gasteiger partial charge in [-0.05, 0) is 24.1 Å². The standard InChI is InChI=1S/C16H23N3O2/c1-11(2)10-19(6-7-21-3)16(20)14-9-18-15-8-12(17)4-5-13(14)15/h4-5,8-9,11,18H,6-7,10,17H2,1-3H3. The summed E-state index contributed by atoms with van der Waals surface area (Å²) in [4.78, 5) is 17.7. The number of methoxy groups -OCH3 is 1. The molecule has 0 aliphatic heterocycles. The number of carbonyl (C=O) groups excluding carboxylic acids is 1. The molecule has 0 unspecified atom stereocenters. The molecule has 21 heavy (non-hydrogen) atoms. The maximum atomic E-state index is 12.8. The highest BCUT2D eigenvalue weighted by atomic mass is 16.5. The lowest BCUT2D eigenvalue weighted by Crippen LogP contribution is -2.36. The van der Waals surface area contributed by atoms with Crippen molar-refractivity contribution in [1.29, 1.82) is 0 Å². The fourth-order valence-corrected chi connectivity index (χ4v) is 2.41. The molecule has 1 heterocycles. The Balaban J connectivity index is 2.29. The number of hydrogen-bond acceptors (Lipinski definition) is 3. The van der Waals surface area contributed by atoms with E-state index in [1.807, 2.05) is 23.1 Å². The summed E-state index contributed by atoms with van der Waals surface area (Å²) in [5.41, 5.74) is 8.02. The van der Waals surface area contributed by atoms with Crippen LogP contribution in [-0.4, -0.2) is 42.6 Å². The lowest BCUT2D eigenvalue weighted by Gasteiger charge is -2.24. The molecule has 0 bridgehead atoms. The largest absolute Gasteiger partial charge is 0.399 e. The number of H-pyrrole nitrogens is 1. The third-order valence-electron chi connectivity index (χ3n) is 3.37. The zero-order valence-electron chi connectivity index (χ0n) is 12.8. The minimum atomic E-state index is 0.0248. The molecule has 0 aliphatic rings. The van der Waals surface area contributed by atoms with Crippen molar-refractivity contribution in [2.24, 2.45) is 5.92 Å². The SMILES string of the molecule is COCCN(CC(C)C)C(=O)c1c[nH]c2cc(N)ccc12. The van der Waals surface area contributed by atoms with Crippen LogP contribution < -0.4 is 5.73 Å². The van der Waals surface area contributed by atoms with Crippen LogP contribution in [0.1, 0.15) is 24.2 Å². The summed E-state index contributed by atoms with van der Waals surface area (Å²) in [7, 11) is 1.65. The van der Waals surface area contributed by atoms with Crippen molar-refractivity contribution >= 4 is 22.5 Å². The first-order chi connectivity index (χ1) is 10.0. The Morgan fingerprint density at radius 3 is 2.86 bits per heavy atom. The van der Waals surface area contributed by atoms with Gasteiger partial charge in [-0.25, -0.2) is 0 Å². The first-order valence-corrected chi connectivity index (χ1v) is 7.17. The van der Waals surface area contributed by atoms with Gasteiger partial charge in [0.2, 0.25) is 0 Å². The molecule has 0 saturated carbocycles. The first kappa shape index (κ1) is 15.4. The average Bonchev–Trinajstić information content (AvgIpc) is 2.85. The summed E-state index contributed by atoms with van der Waals surface area (Å²) >= 11 is 0. The molecule has 5 heteroatoms. The second-order valence-corrected chi connectivity index (χ2v) is 5.65. The number of amides is 1. The van der Waals surface area contributed by atoms with E-state index in [1.54, 1.807) is 13.3 Å². The van der Waals surface area contributed by atoms with E-state index in [2.05, 4.69) is 18.8 Å². The molecule has 5 nitrogen and oxygen atoms in total. The van der Waals surface area contributed by atoms with Crippen molar-refractivity contribution < 1.29 is 9.53 Å². The Morgan fingerprint density at radius 1 is 1.43 bits per heavy atom. The van der Waals surface area contributed by atoms with Gasteiger partial charge in [0.15, 0.2) is 0 Å². The number of hydrogen-bond donors (Lipinski definition) is 2. The second kappa shape index (κ2) is 6.63. The zero-order valence-corrected chi connectivity index (χ0v) is 12.8. The average molecular weight is 289 g/mol. The van der Waals surface area contributed by atoms with E-state index >= 15 is 0 Å². The van der Waals surface area contributed by atoms with Crippen molar-refractivity contribution in [3.8, 4) is 0 Å². The summed E-state index contributed by atoms with van der Waals surface area (Å²) in [6.45, 7) is 6.04. The molecule has 1 aromatic carbocycles. The Morgan fingerprint density at radius 2 is 2.19 bits per heavy atom. The van der Waals surface area contributed by atoms with Crippen LogP contribution in [0.2, 0.25) is 0 Å². The van der Waals surface area contributed by atoms with E-state index in [-0.39, 0.29) is 5.91 Å². The molecule has 1 amide bonds. The Hall–Kier alpha value is -2.01. The summed E-state index contributed by atoms with van der Waals surface area (Å²) < 4.78 is 5.11. The number of benzene rings is 1. The number of ether oxygens (including phenoxy) is 1. The van der Waals surface area contributed by atoms with Gasteiger partial charge >= 0.3 is 0 Å². The number of rotatable bonds is 6. The molecule has 0 aliphatic carbocycles. The van der Waals surface area contributed by atoms with Crippen LogP contribution in [-0.2, 0) is 4.74 Å². The highest BCUT2D eigenvalue weighted by Crippen LogP contribution is 2.22. The summed E-state index contributed by atoms with van der Waals surface area (Å²) in [6.07, 6.45) is 1.76. The highest BCUT2D eigenvalue weighted by Gasteiger charge is 2.19. The van der Waals surface area contributed by atoms with E-state index in [0.29, 0.717) is 36.9 Å². The van der Waals surface area contributed by atoms with Crippen LogP contribution in [0.25, 0.3) is 10.9 Å². The molecule has 3 N–H and O–H groups in total. The fourth-order valence-electron chi connectivity index (χ4n) is 2.41. The minimum Gasteiger partial charge on any atom is -0.399 e. The zero-order chi connectivity index (χ0) is 15.4. The van der Waals surface area contributed by atoms with Crippen molar-refractivity contribution in [3.05, 3.63) is 30.0 Å². The third kappa shape index (κ3) is 3.55. The molecular formula is C16H23N3O2. The molecule has 1 aromatic heterocycles. The smallest absolute Gasteiger partial charge is 0.256 e. The highest BCUT2D eigenvalue weighted by molar-refractivity contribution is 6.07. The van der Waals surface area contributed by atoms with Crippen molar-refractivity contribution in [2.75, 3.05) is 32.5 Å². The molecule has 2 aromatic rings. The van der Waals surface area contributed by atoms with Gasteiger partial charge in [-0.15, -0.1) is 0 Å². The van der Waals surface area contributed by atoms with Crippen LogP contribution in [0.4, 0.5) is 5.69 Å². The maximum Gasteiger partial charge on any atom is 0.256 e. The molecule has 0 fully saturated rings. The number of carbonyl (C=O) groups is 1. The predicted octanol–water partition coefficient (Wildman–Crippen LogP) is 2.49. The van der Waals surface area contributed by atoms with Crippen molar-refractivity contribution in [2.45, 2.75) is 13.8 Å². The van der Waals surface area contributed by atoms with E-state index in [1.165, 1.54) is 0 Å². The summed E-state index contributed by atoms with van der Waals surface area (Å²) in [5.74, 6) is 0.434. The molecule has 2 rings (SSSR count). The first-order valence-electron chi connectivity index (χ1n) is 7.17. The normalized spacial score (nSPS) is 11.2. The van der Waals surface area contributed by atoms with Crippen LogP contribution in [0, 0.1) is 5.92 Å². The minimum absolute atomic E-state index is 0.0248. The maximum absolute atomic E-state index is 12.8. The third-order valence-corrected chi connectivity index (χ3v) is 3.37. The van der Waals surface area contributed by atoms with Crippen LogP contribution in [0.5, 0.6) is 0 Å². The monoisotopic (exact) mass is 289 g/mol. The van der Waals surface area contributed by atoms with Gasteiger partial charge in [0.25, 0.3) is 5.91 Å². The number of nitrogens with one attached hydrogen (secondary N) is 1. The number of fused-ring (bicyclic) bond motifs is 1. The van der Waals surface area contributed by atoms with Crippen molar-refractivity contribution in [1.82, 2.24) is 9.88 Å². The van der Waals surface area contributed by atoms with Gasteiger partial charge in [-0.3, -0.25) is 4.79 Å². The summed E-state index contributed by atoms with van der Waals surface area (Å²) in [5, 5.41) is 0.903. The number of nitrogens with zero attached hydrogens (tertiary/aromatic N) is 1. The summed E-state index contributed by atoms with van der Waals surface area (Å²) in [6, 6.07) is 5.54. The number of aromatic nitrogens is 1. The second-order valence-electron chi connectivity index (χ2n) is 5.65. The number of anilines is 1. The van der Waals surface area contributed by atoms with Crippen molar-refractivity contribution in [3.63, 3.8) is 0 Å². The van der Waals surface area contributed by atoms with Gasteiger partial charge in [0.1, 0.15) is 0 Å². The van der Waals surface area contributed by atoms with Gasteiger partial charge in [0.05, 0.1) is 12.2 Å². The fraction of sp³-hybridized carbons (Fsp3) is 0.438. The predicted molar refractivity (Wildman–Crippen MR) is 85.3 cm³/mol. The lowest BCUT2D eigenvalue weighted by atomic mass is 10.1. The number of nitrogens with two attached hydrogens (primary N) is 1. The molecule has 0 saturated heterocycles. The Kier molecular flexibility index (Phi) is 4.85. The topological polar surface area (TPSA) is 71.3 Å².